The molecule has 0 aliphatic heterocycles. The normalized spacial score (nSPS) is 10.7. The zero-order valence-corrected chi connectivity index (χ0v) is 16.9. The first-order valence-corrected chi connectivity index (χ1v) is 9.93. The number of thiophene rings is 1. The molecule has 0 saturated heterocycles. The number of methoxy groups -OCH3 is 1. The van der Waals surface area contributed by atoms with Crippen molar-refractivity contribution in [3.63, 3.8) is 0 Å². The summed E-state index contributed by atoms with van der Waals surface area (Å²) in [6, 6.07) is 17.5. The lowest BCUT2D eigenvalue weighted by Crippen LogP contribution is -2.17. The van der Waals surface area contributed by atoms with Crippen LogP contribution in [0.1, 0.15) is 15.9 Å². The minimum Gasteiger partial charge on any atom is -0.497 e. The Bertz CT molecular complexity index is 1140. The second-order valence-corrected chi connectivity index (χ2v) is 7.46. The summed E-state index contributed by atoms with van der Waals surface area (Å²) >= 11 is 1.63. The van der Waals surface area contributed by atoms with Crippen LogP contribution in [-0.2, 0) is 6.54 Å². The molecule has 0 bridgehead atoms. The number of hydrogen-bond acceptors (Lipinski definition) is 6. The van der Waals surface area contributed by atoms with E-state index in [1.165, 1.54) is 0 Å². The number of ether oxygens (including phenoxy) is 1. The molecule has 2 heterocycles. The fourth-order valence-corrected chi connectivity index (χ4v) is 4.06. The standard InChI is InChI=1S/C22H20N4O2S/c1-23-22(27)16-7-5-15(6-8-16)19-11-18-20(29-19)21(26-13-25-18)24-12-14-3-9-17(28-2)10-4-14/h3-11,13H,12H2,1-2H3,(H,23,27)(H,24,25,26). The molecule has 0 fully saturated rings. The fourth-order valence-electron chi connectivity index (χ4n) is 2.98. The molecule has 4 rings (SSSR count). The molecule has 0 spiro atoms. The Morgan fingerprint density at radius 2 is 1.83 bits per heavy atom. The summed E-state index contributed by atoms with van der Waals surface area (Å²) in [6.45, 7) is 0.657. The number of fused-ring (bicyclic) bond motifs is 1. The van der Waals surface area contributed by atoms with Crippen molar-refractivity contribution in [1.82, 2.24) is 15.3 Å². The van der Waals surface area contributed by atoms with Crippen LogP contribution in [0, 0.1) is 0 Å². The van der Waals surface area contributed by atoms with Gasteiger partial charge in [0.1, 0.15) is 17.9 Å². The van der Waals surface area contributed by atoms with E-state index < -0.39 is 0 Å². The predicted octanol–water partition coefficient (Wildman–Crippen LogP) is 4.34. The smallest absolute Gasteiger partial charge is 0.251 e. The molecule has 7 heteroatoms. The number of rotatable bonds is 6. The summed E-state index contributed by atoms with van der Waals surface area (Å²) < 4.78 is 6.21. The first kappa shape index (κ1) is 18.9. The van der Waals surface area contributed by atoms with Gasteiger partial charge in [-0.2, -0.15) is 0 Å². The minimum absolute atomic E-state index is 0.0937. The van der Waals surface area contributed by atoms with Crippen molar-refractivity contribution in [3.8, 4) is 16.2 Å². The molecule has 0 aliphatic carbocycles. The number of nitrogens with zero attached hydrogens (tertiary/aromatic N) is 2. The lowest BCUT2D eigenvalue weighted by molar-refractivity contribution is 0.0963. The molecule has 0 saturated carbocycles. The Kier molecular flexibility index (Phi) is 5.39. The van der Waals surface area contributed by atoms with E-state index in [2.05, 4.69) is 26.7 Å². The number of hydrogen-bond donors (Lipinski definition) is 2. The minimum atomic E-state index is -0.0937. The lowest BCUT2D eigenvalue weighted by Gasteiger charge is -2.07. The molecule has 2 aromatic heterocycles. The van der Waals surface area contributed by atoms with Gasteiger partial charge in [-0.1, -0.05) is 24.3 Å². The highest BCUT2D eigenvalue weighted by Crippen LogP contribution is 2.35. The third-order valence-electron chi connectivity index (χ3n) is 4.59. The average molecular weight is 404 g/mol. The van der Waals surface area contributed by atoms with Crippen LogP contribution in [-0.4, -0.2) is 30.0 Å². The lowest BCUT2D eigenvalue weighted by atomic mass is 10.1. The molecule has 29 heavy (non-hydrogen) atoms. The van der Waals surface area contributed by atoms with E-state index in [4.69, 9.17) is 4.74 Å². The van der Waals surface area contributed by atoms with Crippen LogP contribution in [0.5, 0.6) is 5.75 Å². The van der Waals surface area contributed by atoms with Gasteiger partial charge in [-0.05, 0) is 41.5 Å². The SMILES string of the molecule is CNC(=O)c1ccc(-c2cc3ncnc(NCc4ccc(OC)cc4)c3s2)cc1. The van der Waals surface area contributed by atoms with Crippen LogP contribution in [0.15, 0.2) is 60.9 Å². The van der Waals surface area contributed by atoms with E-state index in [1.54, 1.807) is 31.8 Å². The van der Waals surface area contributed by atoms with E-state index in [9.17, 15) is 4.79 Å². The molecule has 1 amide bonds. The van der Waals surface area contributed by atoms with Crippen LogP contribution in [0.2, 0.25) is 0 Å². The van der Waals surface area contributed by atoms with Crippen molar-refractivity contribution >= 4 is 33.3 Å². The summed E-state index contributed by atoms with van der Waals surface area (Å²) in [6.07, 6.45) is 1.57. The van der Waals surface area contributed by atoms with Gasteiger partial charge in [0.15, 0.2) is 0 Å². The van der Waals surface area contributed by atoms with E-state index in [0.717, 1.165) is 37.8 Å². The molecule has 146 valence electrons. The number of carbonyl (C=O) groups excluding carboxylic acids is 1. The molecule has 0 aliphatic rings. The molecule has 2 aromatic carbocycles. The first-order chi connectivity index (χ1) is 14.2. The topological polar surface area (TPSA) is 76.1 Å². The van der Waals surface area contributed by atoms with Crippen LogP contribution in [0.4, 0.5) is 5.82 Å². The Morgan fingerprint density at radius 1 is 1.07 bits per heavy atom. The van der Waals surface area contributed by atoms with E-state index in [1.807, 2.05) is 48.5 Å². The number of aromatic nitrogens is 2. The Hall–Kier alpha value is -3.45. The van der Waals surface area contributed by atoms with Gasteiger partial charge in [-0.3, -0.25) is 4.79 Å². The maximum absolute atomic E-state index is 11.7. The molecule has 0 atom stereocenters. The van der Waals surface area contributed by atoms with Crippen molar-refractivity contribution in [2.24, 2.45) is 0 Å². The van der Waals surface area contributed by atoms with Gasteiger partial charge in [0, 0.05) is 24.0 Å². The second-order valence-electron chi connectivity index (χ2n) is 6.41. The number of amides is 1. The maximum atomic E-state index is 11.7. The summed E-state index contributed by atoms with van der Waals surface area (Å²) in [5.74, 6) is 1.55. The third-order valence-corrected chi connectivity index (χ3v) is 5.77. The zero-order chi connectivity index (χ0) is 20.2. The monoisotopic (exact) mass is 404 g/mol. The number of carbonyl (C=O) groups is 1. The summed E-state index contributed by atoms with van der Waals surface area (Å²) in [4.78, 5) is 21.6. The fraction of sp³-hybridized carbons (Fsp3) is 0.136. The Labute approximate surface area is 172 Å². The zero-order valence-electron chi connectivity index (χ0n) is 16.1. The Morgan fingerprint density at radius 3 is 2.52 bits per heavy atom. The molecular formula is C22H20N4O2S. The summed E-state index contributed by atoms with van der Waals surface area (Å²) in [7, 11) is 3.28. The van der Waals surface area contributed by atoms with Crippen LogP contribution in [0.3, 0.4) is 0 Å². The summed E-state index contributed by atoms with van der Waals surface area (Å²) in [5, 5.41) is 6.04. The van der Waals surface area contributed by atoms with Gasteiger partial charge in [-0.15, -0.1) is 11.3 Å². The van der Waals surface area contributed by atoms with Gasteiger partial charge in [0.05, 0.1) is 17.3 Å². The highest BCUT2D eigenvalue weighted by molar-refractivity contribution is 7.22. The quantitative estimate of drug-likeness (QED) is 0.500. The highest BCUT2D eigenvalue weighted by Gasteiger charge is 2.11. The van der Waals surface area contributed by atoms with Crippen molar-refractivity contribution in [1.29, 1.82) is 0 Å². The number of nitrogens with one attached hydrogen (secondary N) is 2. The van der Waals surface area contributed by atoms with E-state index in [0.29, 0.717) is 12.1 Å². The van der Waals surface area contributed by atoms with Gasteiger partial charge < -0.3 is 15.4 Å². The molecule has 4 aromatic rings. The molecule has 0 radical (unpaired) electrons. The maximum Gasteiger partial charge on any atom is 0.251 e. The third kappa shape index (κ3) is 4.05. The second kappa shape index (κ2) is 8.28. The molecular weight excluding hydrogens is 384 g/mol. The van der Waals surface area contributed by atoms with Crippen LogP contribution >= 0.6 is 11.3 Å². The van der Waals surface area contributed by atoms with Crippen molar-refractivity contribution in [3.05, 3.63) is 72.1 Å². The van der Waals surface area contributed by atoms with Crippen LogP contribution in [0.25, 0.3) is 20.7 Å². The number of anilines is 1. The van der Waals surface area contributed by atoms with Gasteiger partial charge >= 0.3 is 0 Å². The van der Waals surface area contributed by atoms with Crippen molar-refractivity contribution in [2.45, 2.75) is 6.54 Å². The summed E-state index contributed by atoms with van der Waals surface area (Å²) in [5.41, 5.74) is 3.72. The average Bonchev–Trinajstić information content (AvgIpc) is 3.22. The largest absolute Gasteiger partial charge is 0.497 e. The number of benzene rings is 2. The molecule has 6 nitrogen and oxygen atoms in total. The van der Waals surface area contributed by atoms with Gasteiger partial charge in [0.2, 0.25) is 0 Å². The van der Waals surface area contributed by atoms with Crippen molar-refractivity contribution < 1.29 is 9.53 Å². The molecule has 2 N–H and O–H groups in total. The van der Waals surface area contributed by atoms with Crippen molar-refractivity contribution in [2.75, 3.05) is 19.5 Å². The first-order valence-electron chi connectivity index (χ1n) is 9.12. The van der Waals surface area contributed by atoms with Gasteiger partial charge in [-0.25, -0.2) is 9.97 Å². The highest BCUT2D eigenvalue weighted by atomic mass is 32.1. The Balaban J connectivity index is 1.57. The van der Waals surface area contributed by atoms with E-state index in [-0.39, 0.29) is 5.91 Å². The predicted molar refractivity (Wildman–Crippen MR) is 117 cm³/mol. The van der Waals surface area contributed by atoms with Gasteiger partial charge in [0.25, 0.3) is 5.91 Å². The van der Waals surface area contributed by atoms with E-state index >= 15 is 0 Å². The van der Waals surface area contributed by atoms with Crippen LogP contribution < -0.4 is 15.4 Å². The molecule has 0 unspecified atom stereocenters.